The minimum atomic E-state index is -4.44. The quantitative estimate of drug-likeness (QED) is 0.489. The molecule has 0 bridgehead atoms. The minimum Gasteiger partial charge on any atom is -0.395 e. The zero-order chi connectivity index (χ0) is 15.5. The lowest BCUT2D eigenvalue weighted by molar-refractivity contribution is -0.168. The van der Waals surface area contributed by atoms with Gasteiger partial charge in [0.1, 0.15) is 6.61 Å². The van der Waals surface area contributed by atoms with Crippen LogP contribution in [0.25, 0.3) is 0 Å². The highest BCUT2D eigenvalue weighted by Gasteiger charge is 2.39. The molecular formula is C13H15F3N2O3. The van der Waals surface area contributed by atoms with Gasteiger partial charge in [-0.3, -0.25) is 0 Å². The molecule has 1 fully saturated rings. The van der Waals surface area contributed by atoms with E-state index in [-0.39, 0.29) is 24.6 Å². The zero-order valence-corrected chi connectivity index (χ0v) is 11.1. The van der Waals surface area contributed by atoms with Crippen molar-refractivity contribution >= 4 is 5.84 Å². The standard InChI is InChI=1S/C13H15F3N2O3/c14-13(15,16)10-3-1-2-9(4-10)11(17)18-21-8-12(5-19)6-20-7-12/h1-4,19H,5-8H2,(H2,17,18). The molecular weight excluding hydrogens is 289 g/mol. The van der Waals surface area contributed by atoms with Crippen molar-refractivity contribution < 1.29 is 27.9 Å². The number of rotatable bonds is 5. The molecule has 116 valence electrons. The number of aliphatic hydroxyl groups is 1. The lowest BCUT2D eigenvalue weighted by Gasteiger charge is -2.38. The normalized spacial score (nSPS) is 18.2. The Morgan fingerprint density at radius 2 is 2.14 bits per heavy atom. The van der Waals surface area contributed by atoms with Crippen LogP contribution < -0.4 is 5.73 Å². The van der Waals surface area contributed by atoms with Crippen LogP contribution in [0.3, 0.4) is 0 Å². The van der Waals surface area contributed by atoms with Crippen LogP contribution >= 0.6 is 0 Å². The van der Waals surface area contributed by atoms with Gasteiger partial charge in [-0.15, -0.1) is 0 Å². The summed E-state index contributed by atoms with van der Waals surface area (Å²) in [4.78, 5) is 5.02. The van der Waals surface area contributed by atoms with E-state index in [1.54, 1.807) is 0 Å². The van der Waals surface area contributed by atoms with Gasteiger partial charge in [0.25, 0.3) is 0 Å². The van der Waals surface area contributed by atoms with Crippen molar-refractivity contribution in [2.24, 2.45) is 16.3 Å². The second-order valence-corrected chi connectivity index (χ2v) is 4.98. The number of halogens is 3. The smallest absolute Gasteiger partial charge is 0.395 e. The topological polar surface area (TPSA) is 77.1 Å². The van der Waals surface area contributed by atoms with E-state index >= 15 is 0 Å². The van der Waals surface area contributed by atoms with Crippen LogP contribution in [0.1, 0.15) is 11.1 Å². The third-order valence-electron chi connectivity index (χ3n) is 3.17. The molecule has 1 aromatic rings. The first-order valence-electron chi connectivity index (χ1n) is 6.18. The van der Waals surface area contributed by atoms with Crippen LogP contribution in [-0.2, 0) is 15.8 Å². The molecule has 1 saturated heterocycles. The highest BCUT2D eigenvalue weighted by atomic mass is 19.4. The van der Waals surface area contributed by atoms with Crippen molar-refractivity contribution in [3.63, 3.8) is 0 Å². The number of aliphatic hydroxyl groups excluding tert-OH is 1. The monoisotopic (exact) mass is 304 g/mol. The summed E-state index contributed by atoms with van der Waals surface area (Å²) in [7, 11) is 0. The lowest BCUT2D eigenvalue weighted by Crippen LogP contribution is -2.48. The van der Waals surface area contributed by atoms with Gasteiger partial charge in [0, 0.05) is 5.56 Å². The van der Waals surface area contributed by atoms with Crippen LogP contribution in [-0.4, -0.2) is 37.4 Å². The predicted octanol–water partition coefficient (Wildman–Crippen LogP) is 1.35. The molecule has 0 saturated carbocycles. The summed E-state index contributed by atoms with van der Waals surface area (Å²) in [5.41, 5.74) is 4.41. The summed E-state index contributed by atoms with van der Waals surface area (Å²) < 4.78 is 42.7. The van der Waals surface area contributed by atoms with E-state index < -0.39 is 17.2 Å². The highest BCUT2D eigenvalue weighted by molar-refractivity contribution is 5.97. The van der Waals surface area contributed by atoms with Crippen molar-refractivity contribution in [2.45, 2.75) is 6.18 Å². The Hall–Kier alpha value is -1.80. The maximum Gasteiger partial charge on any atom is 0.416 e. The fourth-order valence-corrected chi connectivity index (χ4v) is 1.76. The predicted molar refractivity (Wildman–Crippen MR) is 68.5 cm³/mol. The second-order valence-electron chi connectivity index (χ2n) is 4.98. The molecule has 5 nitrogen and oxygen atoms in total. The van der Waals surface area contributed by atoms with Gasteiger partial charge in [-0.25, -0.2) is 0 Å². The van der Waals surface area contributed by atoms with E-state index in [2.05, 4.69) is 5.16 Å². The molecule has 1 heterocycles. The van der Waals surface area contributed by atoms with Gasteiger partial charge in [-0.2, -0.15) is 13.2 Å². The number of alkyl halides is 3. The average Bonchev–Trinajstić information content (AvgIpc) is 2.41. The molecule has 1 aromatic carbocycles. The first-order valence-corrected chi connectivity index (χ1v) is 6.18. The second kappa shape index (κ2) is 5.90. The van der Waals surface area contributed by atoms with Gasteiger partial charge in [-0.05, 0) is 12.1 Å². The molecule has 2 rings (SSSR count). The third kappa shape index (κ3) is 3.64. The van der Waals surface area contributed by atoms with Gasteiger partial charge in [0.05, 0.1) is 30.8 Å². The number of benzene rings is 1. The van der Waals surface area contributed by atoms with Crippen LogP contribution in [0.2, 0.25) is 0 Å². The first kappa shape index (κ1) is 15.6. The molecule has 0 unspecified atom stereocenters. The fourth-order valence-electron chi connectivity index (χ4n) is 1.76. The Kier molecular flexibility index (Phi) is 4.38. The van der Waals surface area contributed by atoms with Crippen molar-refractivity contribution in [1.82, 2.24) is 0 Å². The number of ether oxygens (including phenoxy) is 1. The maximum absolute atomic E-state index is 12.6. The maximum atomic E-state index is 12.6. The van der Waals surface area contributed by atoms with Crippen molar-refractivity contribution in [2.75, 3.05) is 26.4 Å². The minimum absolute atomic E-state index is 0.0865. The molecule has 21 heavy (non-hydrogen) atoms. The SMILES string of the molecule is N/C(=N/OCC1(CO)COC1)c1cccc(C(F)(F)F)c1. The van der Waals surface area contributed by atoms with Crippen molar-refractivity contribution in [1.29, 1.82) is 0 Å². The Bertz CT molecular complexity index is 522. The van der Waals surface area contributed by atoms with Gasteiger partial charge in [-0.1, -0.05) is 17.3 Å². The number of amidine groups is 1. The molecule has 0 spiro atoms. The van der Waals surface area contributed by atoms with E-state index in [0.717, 1.165) is 12.1 Å². The lowest BCUT2D eigenvalue weighted by atomic mass is 9.88. The first-order chi connectivity index (χ1) is 9.86. The summed E-state index contributed by atoms with van der Waals surface area (Å²) in [6.07, 6.45) is -4.44. The zero-order valence-electron chi connectivity index (χ0n) is 11.1. The van der Waals surface area contributed by atoms with Crippen LogP contribution in [0.15, 0.2) is 29.4 Å². The van der Waals surface area contributed by atoms with Gasteiger partial charge in [0.2, 0.25) is 0 Å². The summed E-state index contributed by atoms with van der Waals surface area (Å²) in [5, 5.41) is 12.8. The highest BCUT2D eigenvalue weighted by Crippen LogP contribution is 2.29. The molecule has 8 heteroatoms. The van der Waals surface area contributed by atoms with Crippen LogP contribution in [0.5, 0.6) is 0 Å². The van der Waals surface area contributed by atoms with Crippen LogP contribution in [0.4, 0.5) is 13.2 Å². The van der Waals surface area contributed by atoms with Crippen molar-refractivity contribution in [3.8, 4) is 0 Å². The molecule has 1 aliphatic rings. The Labute approximate surface area is 119 Å². The van der Waals surface area contributed by atoms with E-state index in [9.17, 15) is 18.3 Å². The van der Waals surface area contributed by atoms with E-state index in [0.29, 0.717) is 13.2 Å². The molecule has 0 aliphatic carbocycles. The number of oxime groups is 1. The average molecular weight is 304 g/mol. The Morgan fingerprint density at radius 3 is 2.67 bits per heavy atom. The molecule has 1 aliphatic heterocycles. The molecule has 3 N–H and O–H groups in total. The number of hydrogen-bond acceptors (Lipinski definition) is 4. The number of nitrogens with two attached hydrogens (primary N) is 1. The van der Waals surface area contributed by atoms with E-state index in [1.165, 1.54) is 12.1 Å². The van der Waals surface area contributed by atoms with Crippen molar-refractivity contribution in [3.05, 3.63) is 35.4 Å². The summed E-state index contributed by atoms with van der Waals surface area (Å²) in [6, 6.07) is 4.50. The fraction of sp³-hybridized carbons (Fsp3) is 0.462. The van der Waals surface area contributed by atoms with Gasteiger partial charge in [0.15, 0.2) is 5.84 Å². The van der Waals surface area contributed by atoms with Gasteiger partial charge >= 0.3 is 6.18 Å². The summed E-state index contributed by atoms with van der Waals surface area (Å²) in [6.45, 7) is 0.667. The Balaban J connectivity index is 2.02. The molecule has 0 radical (unpaired) electrons. The molecule has 0 amide bonds. The molecule has 0 atom stereocenters. The van der Waals surface area contributed by atoms with E-state index in [1.807, 2.05) is 0 Å². The molecule has 0 aromatic heterocycles. The summed E-state index contributed by atoms with van der Waals surface area (Å²) in [5.74, 6) is -0.158. The Morgan fingerprint density at radius 1 is 1.43 bits per heavy atom. The van der Waals surface area contributed by atoms with Crippen LogP contribution in [0, 0.1) is 5.41 Å². The number of hydrogen-bond donors (Lipinski definition) is 2. The third-order valence-corrected chi connectivity index (χ3v) is 3.17. The number of nitrogens with zero attached hydrogens (tertiary/aromatic N) is 1. The van der Waals surface area contributed by atoms with Gasteiger partial charge < -0.3 is 20.4 Å². The van der Waals surface area contributed by atoms with E-state index in [4.69, 9.17) is 15.3 Å². The summed E-state index contributed by atoms with van der Waals surface area (Å²) >= 11 is 0. The largest absolute Gasteiger partial charge is 0.416 e.